The number of hydrogen-bond donors (Lipinski definition) is 1. The van der Waals surface area contributed by atoms with Gasteiger partial charge in [0.05, 0.1) is 23.2 Å². The third kappa shape index (κ3) is 4.04. The molecule has 0 saturated carbocycles. The SMILES string of the molecule is N#Cc1ccc(C(=O)OCC(=O)NC2CCCc3ccccc32)cc1. The Labute approximate surface area is 146 Å². The Morgan fingerprint density at radius 1 is 1.16 bits per heavy atom. The van der Waals surface area contributed by atoms with Crippen LogP contribution in [0.15, 0.2) is 48.5 Å². The molecule has 0 aliphatic heterocycles. The smallest absolute Gasteiger partial charge is 0.338 e. The molecule has 25 heavy (non-hydrogen) atoms. The van der Waals surface area contributed by atoms with Crippen LogP contribution in [-0.4, -0.2) is 18.5 Å². The molecule has 0 aromatic heterocycles. The van der Waals surface area contributed by atoms with E-state index in [1.807, 2.05) is 24.3 Å². The van der Waals surface area contributed by atoms with Crippen LogP contribution in [0.5, 0.6) is 0 Å². The van der Waals surface area contributed by atoms with Crippen LogP contribution in [0.25, 0.3) is 0 Å². The number of amides is 1. The third-order valence-corrected chi connectivity index (χ3v) is 4.29. The molecule has 126 valence electrons. The molecule has 0 spiro atoms. The van der Waals surface area contributed by atoms with Crippen molar-refractivity contribution in [3.63, 3.8) is 0 Å². The first-order valence-electron chi connectivity index (χ1n) is 8.22. The number of aryl methyl sites for hydroxylation is 1. The Balaban J connectivity index is 1.55. The highest BCUT2D eigenvalue weighted by atomic mass is 16.5. The normalized spacial score (nSPS) is 15.6. The number of ether oxygens (including phenoxy) is 1. The summed E-state index contributed by atoms with van der Waals surface area (Å²) < 4.78 is 5.06. The molecule has 2 aromatic rings. The number of nitrogens with one attached hydrogen (secondary N) is 1. The van der Waals surface area contributed by atoms with E-state index in [1.165, 1.54) is 29.8 Å². The van der Waals surface area contributed by atoms with Crippen LogP contribution in [0.4, 0.5) is 0 Å². The fourth-order valence-corrected chi connectivity index (χ4v) is 3.04. The van der Waals surface area contributed by atoms with Crippen molar-refractivity contribution < 1.29 is 14.3 Å². The number of esters is 1. The van der Waals surface area contributed by atoms with E-state index in [-0.39, 0.29) is 18.6 Å². The molecule has 3 rings (SSSR count). The van der Waals surface area contributed by atoms with Crippen molar-refractivity contribution in [3.8, 4) is 6.07 Å². The summed E-state index contributed by atoms with van der Waals surface area (Å²) in [4.78, 5) is 24.1. The molecule has 1 aliphatic carbocycles. The Kier molecular flexibility index (Phi) is 5.10. The van der Waals surface area contributed by atoms with Crippen molar-refractivity contribution >= 4 is 11.9 Å². The summed E-state index contributed by atoms with van der Waals surface area (Å²) in [5.41, 5.74) is 3.18. The first-order chi connectivity index (χ1) is 12.2. The maximum absolute atomic E-state index is 12.1. The van der Waals surface area contributed by atoms with Gasteiger partial charge in [-0.1, -0.05) is 24.3 Å². The zero-order valence-electron chi connectivity index (χ0n) is 13.7. The zero-order chi connectivity index (χ0) is 17.6. The minimum absolute atomic E-state index is 0.0361. The number of fused-ring (bicyclic) bond motifs is 1. The van der Waals surface area contributed by atoms with Crippen LogP contribution in [0.2, 0.25) is 0 Å². The lowest BCUT2D eigenvalue weighted by Crippen LogP contribution is -2.34. The van der Waals surface area contributed by atoms with Crippen LogP contribution < -0.4 is 5.32 Å². The van der Waals surface area contributed by atoms with Gasteiger partial charge in [-0.05, 0) is 54.7 Å². The average molecular weight is 334 g/mol. The van der Waals surface area contributed by atoms with Crippen LogP contribution >= 0.6 is 0 Å². The monoisotopic (exact) mass is 334 g/mol. The molecular formula is C20H18N2O3. The predicted molar refractivity (Wildman–Crippen MR) is 91.7 cm³/mol. The molecule has 5 heteroatoms. The molecule has 0 saturated heterocycles. The van der Waals surface area contributed by atoms with Crippen molar-refractivity contribution in [1.82, 2.24) is 5.32 Å². The highest BCUT2D eigenvalue weighted by molar-refractivity contribution is 5.91. The molecular weight excluding hydrogens is 316 g/mol. The van der Waals surface area contributed by atoms with E-state index in [9.17, 15) is 9.59 Å². The van der Waals surface area contributed by atoms with Crippen molar-refractivity contribution in [2.75, 3.05) is 6.61 Å². The van der Waals surface area contributed by atoms with Crippen molar-refractivity contribution in [2.45, 2.75) is 25.3 Å². The van der Waals surface area contributed by atoms with Gasteiger partial charge in [-0.3, -0.25) is 4.79 Å². The standard InChI is InChI=1S/C20H18N2O3/c21-12-14-8-10-16(11-9-14)20(24)25-13-19(23)22-18-7-3-5-15-4-1-2-6-17(15)18/h1-2,4,6,8-11,18H,3,5,7,13H2,(H,22,23). The molecule has 0 bridgehead atoms. The number of hydrogen-bond acceptors (Lipinski definition) is 4. The van der Waals surface area contributed by atoms with Crippen molar-refractivity contribution in [1.29, 1.82) is 5.26 Å². The largest absolute Gasteiger partial charge is 0.452 e. The van der Waals surface area contributed by atoms with Gasteiger partial charge in [0, 0.05) is 0 Å². The summed E-state index contributed by atoms with van der Waals surface area (Å²) in [6.45, 7) is -0.322. The fourth-order valence-electron chi connectivity index (χ4n) is 3.04. The van der Waals surface area contributed by atoms with Crippen molar-refractivity contribution in [2.24, 2.45) is 0 Å². The van der Waals surface area contributed by atoms with Crippen molar-refractivity contribution in [3.05, 3.63) is 70.8 Å². The van der Waals surface area contributed by atoms with Gasteiger partial charge in [-0.2, -0.15) is 5.26 Å². The van der Waals surface area contributed by atoms with Crippen LogP contribution in [0, 0.1) is 11.3 Å². The maximum atomic E-state index is 12.1. The maximum Gasteiger partial charge on any atom is 0.338 e. The van der Waals surface area contributed by atoms with Gasteiger partial charge in [-0.25, -0.2) is 4.79 Å². The number of benzene rings is 2. The highest BCUT2D eigenvalue weighted by Crippen LogP contribution is 2.29. The highest BCUT2D eigenvalue weighted by Gasteiger charge is 2.21. The lowest BCUT2D eigenvalue weighted by molar-refractivity contribution is -0.125. The van der Waals surface area contributed by atoms with E-state index in [2.05, 4.69) is 11.4 Å². The lowest BCUT2D eigenvalue weighted by Gasteiger charge is -2.26. The Hall–Kier alpha value is -3.13. The summed E-state index contributed by atoms with van der Waals surface area (Å²) in [6.07, 6.45) is 2.93. The minimum Gasteiger partial charge on any atom is -0.452 e. The lowest BCUT2D eigenvalue weighted by atomic mass is 9.88. The first-order valence-corrected chi connectivity index (χ1v) is 8.22. The molecule has 1 unspecified atom stereocenters. The molecule has 5 nitrogen and oxygen atoms in total. The minimum atomic E-state index is -0.580. The van der Waals surface area contributed by atoms with E-state index in [0.717, 1.165) is 24.8 Å². The van der Waals surface area contributed by atoms with Crippen LogP contribution in [-0.2, 0) is 16.0 Å². The van der Waals surface area contributed by atoms with Crippen LogP contribution in [0.3, 0.4) is 0 Å². The van der Waals surface area contributed by atoms with Gasteiger partial charge in [-0.15, -0.1) is 0 Å². The van der Waals surface area contributed by atoms with Gasteiger partial charge < -0.3 is 10.1 Å². The second kappa shape index (κ2) is 7.63. The zero-order valence-corrected chi connectivity index (χ0v) is 13.7. The second-order valence-corrected chi connectivity index (χ2v) is 5.98. The molecule has 1 amide bonds. The number of carbonyl (C=O) groups excluding carboxylic acids is 2. The summed E-state index contributed by atoms with van der Waals surface area (Å²) in [5.74, 6) is -0.896. The topological polar surface area (TPSA) is 79.2 Å². The van der Waals surface area contributed by atoms with E-state index in [1.54, 1.807) is 0 Å². The van der Waals surface area contributed by atoms with E-state index in [4.69, 9.17) is 10.00 Å². The molecule has 1 N–H and O–H groups in total. The number of nitrogens with zero attached hydrogens (tertiary/aromatic N) is 1. The van der Waals surface area contributed by atoms with Gasteiger partial charge in [0.15, 0.2) is 6.61 Å². The number of nitriles is 1. The molecule has 0 fully saturated rings. The summed E-state index contributed by atoms with van der Waals surface area (Å²) in [7, 11) is 0. The summed E-state index contributed by atoms with van der Waals surface area (Å²) in [6, 6.07) is 16.1. The Bertz CT molecular complexity index is 822. The first kappa shape index (κ1) is 16.7. The van der Waals surface area contributed by atoms with Gasteiger partial charge in [0.1, 0.15) is 0 Å². The Morgan fingerprint density at radius 2 is 1.92 bits per heavy atom. The van der Waals surface area contributed by atoms with E-state index >= 15 is 0 Å². The molecule has 0 radical (unpaired) electrons. The Morgan fingerprint density at radius 3 is 2.68 bits per heavy atom. The number of rotatable bonds is 4. The number of carbonyl (C=O) groups is 2. The van der Waals surface area contributed by atoms with E-state index < -0.39 is 5.97 Å². The summed E-state index contributed by atoms with van der Waals surface area (Å²) in [5, 5.41) is 11.7. The van der Waals surface area contributed by atoms with Gasteiger partial charge >= 0.3 is 5.97 Å². The molecule has 2 aromatic carbocycles. The molecule has 1 aliphatic rings. The molecule has 0 heterocycles. The predicted octanol–water partition coefficient (Wildman–Crippen LogP) is 2.91. The van der Waals surface area contributed by atoms with Crippen LogP contribution in [0.1, 0.15) is 45.9 Å². The molecule has 1 atom stereocenters. The second-order valence-electron chi connectivity index (χ2n) is 5.98. The third-order valence-electron chi connectivity index (χ3n) is 4.29. The average Bonchev–Trinajstić information content (AvgIpc) is 2.66. The van der Waals surface area contributed by atoms with E-state index in [0.29, 0.717) is 11.1 Å². The summed E-state index contributed by atoms with van der Waals surface area (Å²) >= 11 is 0. The van der Waals surface area contributed by atoms with Gasteiger partial charge in [0.2, 0.25) is 0 Å². The van der Waals surface area contributed by atoms with Gasteiger partial charge in [0.25, 0.3) is 5.91 Å². The quantitative estimate of drug-likeness (QED) is 0.872. The fraction of sp³-hybridized carbons (Fsp3) is 0.250.